The van der Waals surface area contributed by atoms with E-state index >= 15 is 0 Å². The molecule has 32 heavy (non-hydrogen) atoms. The number of carbonyl (C=O) groups is 1. The molecular weight excluding hydrogens is 432 g/mol. The maximum atomic E-state index is 13.3. The minimum absolute atomic E-state index is 0.0980. The largest absolute Gasteiger partial charge is 0.497 e. The molecule has 1 amide bonds. The number of hydrogen-bond acceptors (Lipinski definition) is 7. The van der Waals surface area contributed by atoms with Crippen LogP contribution in [0.1, 0.15) is 56.5 Å². The van der Waals surface area contributed by atoms with E-state index in [4.69, 9.17) is 4.74 Å². The fourth-order valence-electron chi connectivity index (χ4n) is 4.72. The zero-order valence-corrected chi connectivity index (χ0v) is 19.6. The molecule has 1 saturated heterocycles. The van der Waals surface area contributed by atoms with Crippen molar-refractivity contribution in [1.29, 1.82) is 0 Å². The highest BCUT2D eigenvalue weighted by Gasteiger charge is 2.49. The van der Waals surface area contributed by atoms with Crippen LogP contribution in [0.3, 0.4) is 0 Å². The second-order valence-corrected chi connectivity index (χ2v) is 10.9. The summed E-state index contributed by atoms with van der Waals surface area (Å²) in [4.78, 5) is 15.0. The van der Waals surface area contributed by atoms with E-state index < -0.39 is 15.6 Å². The average Bonchev–Trinajstić information content (AvgIpc) is 3.27. The second kappa shape index (κ2) is 8.78. The monoisotopic (exact) mass is 462 g/mol. The lowest BCUT2D eigenvalue weighted by molar-refractivity contribution is -0.145. The van der Waals surface area contributed by atoms with Crippen LogP contribution in [-0.2, 0) is 26.9 Å². The molecule has 10 nitrogen and oxygen atoms in total. The quantitative estimate of drug-likeness (QED) is 0.642. The molecule has 2 aliphatic rings. The van der Waals surface area contributed by atoms with Gasteiger partial charge in [0.2, 0.25) is 15.9 Å². The molecule has 1 aromatic heterocycles. The van der Waals surface area contributed by atoms with Crippen molar-refractivity contribution in [1.82, 2.24) is 29.4 Å². The van der Waals surface area contributed by atoms with E-state index in [1.165, 1.54) is 10.7 Å². The fourth-order valence-corrected chi connectivity index (χ4v) is 5.55. The number of aromatic nitrogens is 4. The van der Waals surface area contributed by atoms with Crippen molar-refractivity contribution in [3.05, 3.63) is 35.7 Å². The van der Waals surface area contributed by atoms with Gasteiger partial charge in [0, 0.05) is 13.1 Å². The first kappa shape index (κ1) is 22.7. The molecule has 0 N–H and O–H groups in total. The number of carbonyl (C=O) groups excluding carboxylic acids is 1. The fraction of sp³-hybridized carbons (Fsp3) is 0.619. The molecule has 2 fully saturated rings. The van der Waals surface area contributed by atoms with Gasteiger partial charge in [0.1, 0.15) is 11.3 Å². The van der Waals surface area contributed by atoms with Gasteiger partial charge in [-0.1, -0.05) is 31.4 Å². The molecule has 0 radical (unpaired) electrons. The van der Waals surface area contributed by atoms with Crippen LogP contribution in [0.4, 0.5) is 0 Å². The zero-order chi connectivity index (χ0) is 22.9. The second-order valence-electron chi connectivity index (χ2n) is 8.87. The van der Waals surface area contributed by atoms with Gasteiger partial charge >= 0.3 is 0 Å². The standard InChI is InChI=1S/C21H30N6O4S/c1-21(20-22-23-24-27(20)17-7-5-4-6-8-17)15-25(32(3,29)30)14-19(28)26(21)13-16-9-11-18(31-2)12-10-16/h9-12,17H,4-8,13-15H2,1-3H3. The Morgan fingerprint density at radius 1 is 1.16 bits per heavy atom. The number of benzene rings is 1. The van der Waals surface area contributed by atoms with Crippen LogP contribution in [0.2, 0.25) is 0 Å². The summed E-state index contributed by atoms with van der Waals surface area (Å²) >= 11 is 0. The van der Waals surface area contributed by atoms with Crippen molar-refractivity contribution >= 4 is 15.9 Å². The van der Waals surface area contributed by atoms with Gasteiger partial charge in [0.15, 0.2) is 5.82 Å². The summed E-state index contributed by atoms with van der Waals surface area (Å²) in [6.45, 7) is 2.07. The third-order valence-corrected chi connectivity index (χ3v) is 7.75. The predicted octanol–water partition coefficient (Wildman–Crippen LogP) is 1.71. The Labute approximate surface area is 188 Å². The molecule has 1 atom stereocenters. The van der Waals surface area contributed by atoms with Crippen molar-refractivity contribution < 1.29 is 17.9 Å². The number of tetrazole rings is 1. The Morgan fingerprint density at radius 3 is 2.47 bits per heavy atom. The smallest absolute Gasteiger partial charge is 0.239 e. The topological polar surface area (TPSA) is 111 Å². The van der Waals surface area contributed by atoms with Crippen LogP contribution in [0.25, 0.3) is 0 Å². The summed E-state index contributed by atoms with van der Waals surface area (Å²) in [6.07, 6.45) is 6.46. The van der Waals surface area contributed by atoms with E-state index in [-0.39, 0.29) is 25.0 Å². The summed E-state index contributed by atoms with van der Waals surface area (Å²) in [7, 11) is -1.97. The minimum atomic E-state index is -3.57. The number of rotatable bonds is 6. The molecule has 11 heteroatoms. The van der Waals surface area contributed by atoms with E-state index in [0.717, 1.165) is 43.3 Å². The van der Waals surface area contributed by atoms with Gasteiger partial charge in [0.25, 0.3) is 0 Å². The summed E-state index contributed by atoms with van der Waals surface area (Å²) < 4.78 is 33.1. The van der Waals surface area contributed by atoms with Gasteiger partial charge in [-0.15, -0.1) is 5.10 Å². The van der Waals surface area contributed by atoms with E-state index in [2.05, 4.69) is 15.5 Å². The summed E-state index contributed by atoms with van der Waals surface area (Å²) in [5.41, 5.74) is -0.103. The lowest BCUT2D eigenvalue weighted by atomic mass is 9.92. The first-order valence-electron chi connectivity index (χ1n) is 10.9. The molecule has 1 aliphatic heterocycles. The molecule has 2 heterocycles. The van der Waals surface area contributed by atoms with Crippen molar-refractivity contribution in [2.75, 3.05) is 26.5 Å². The Bertz CT molecular complexity index is 1060. The molecule has 1 aromatic carbocycles. The zero-order valence-electron chi connectivity index (χ0n) is 18.8. The van der Waals surface area contributed by atoms with Crippen LogP contribution in [0, 0.1) is 0 Å². The number of nitrogens with zero attached hydrogens (tertiary/aromatic N) is 6. The maximum Gasteiger partial charge on any atom is 0.239 e. The van der Waals surface area contributed by atoms with E-state index in [1.807, 2.05) is 35.9 Å². The highest BCUT2D eigenvalue weighted by Crippen LogP contribution is 2.37. The third-order valence-electron chi connectivity index (χ3n) is 6.56. The Kier molecular flexibility index (Phi) is 6.22. The number of amides is 1. The van der Waals surface area contributed by atoms with Crippen LogP contribution in [0.5, 0.6) is 5.75 Å². The number of methoxy groups -OCH3 is 1. The molecule has 1 saturated carbocycles. The van der Waals surface area contributed by atoms with Gasteiger partial charge in [-0.3, -0.25) is 4.79 Å². The van der Waals surface area contributed by atoms with Crippen molar-refractivity contribution in [2.45, 2.75) is 57.2 Å². The third kappa shape index (κ3) is 4.36. The number of ether oxygens (including phenoxy) is 1. The summed E-state index contributed by atoms with van der Waals surface area (Å²) in [6, 6.07) is 7.64. The van der Waals surface area contributed by atoms with Gasteiger partial charge in [0.05, 0.1) is 26.0 Å². The van der Waals surface area contributed by atoms with E-state index in [1.54, 1.807) is 12.0 Å². The summed E-state index contributed by atoms with van der Waals surface area (Å²) in [5, 5.41) is 12.5. The normalized spacial score (nSPS) is 23.5. The first-order chi connectivity index (χ1) is 15.2. The number of sulfonamides is 1. The molecule has 174 valence electrons. The van der Waals surface area contributed by atoms with E-state index in [9.17, 15) is 13.2 Å². The minimum Gasteiger partial charge on any atom is -0.497 e. The lowest BCUT2D eigenvalue weighted by Crippen LogP contribution is -2.63. The van der Waals surface area contributed by atoms with Crippen molar-refractivity contribution in [2.24, 2.45) is 0 Å². The number of hydrogen-bond donors (Lipinski definition) is 0. The highest BCUT2D eigenvalue weighted by molar-refractivity contribution is 7.88. The van der Waals surface area contributed by atoms with Crippen LogP contribution in [0.15, 0.2) is 24.3 Å². The van der Waals surface area contributed by atoms with E-state index in [0.29, 0.717) is 12.4 Å². The Morgan fingerprint density at radius 2 is 1.84 bits per heavy atom. The predicted molar refractivity (Wildman–Crippen MR) is 117 cm³/mol. The van der Waals surface area contributed by atoms with Crippen LogP contribution >= 0.6 is 0 Å². The number of piperazine rings is 1. The molecule has 4 rings (SSSR count). The van der Waals surface area contributed by atoms with Crippen molar-refractivity contribution in [3.8, 4) is 5.75 Å². The molecular formula is C21H30N6O4S. The van der Waals surface area contributed by atoms with Crippen molar-refractivity contribution in [3.63, 3.8) is 0 Å². The Hall–Kier alpha value is -2.53. The average molecular weight is 463 g/mol. The van der Waals surface area contributed by atoms with Gasteiger partial charge in [-0.25, -0.2) is 13.1 Å². The highest BCUT2D eigenvalue weighted by atomic mass is 32.2. The van der Waals surface area contributed by atoms with Crippen LogP contribution < -0.4 is 4.74 Å². The molecule has 2 aromatic rings. The summed E-state index contributed by atoms with van der Waals surface area (Å²) in [5.74, 6) is 0.976. The first-order valence-corrected chi connectivity index (χ1v) is 12.7. The van der Waals surface area contributed by atoms with Gasteiger partial charge in [-0.05, 0) is 47.9 Å². The Balaban J connectivity index is 1.74. The lowest BCUT2D eigenvalue weighted by Gasteiger charge is -2.47. The SMILES string of the molecule is COc1ccc(CN2C(=O)CN(S(C)(=O)=O)CC2(C)c2nnnn2C2CCCCC2)cc1. The molecule has 1 aliphatic carbocycles. The van der Waals surface area contributed by atoms with Crippen LogP contribution in [-0.4, -0.2) is 70.2 Å². The van der Waals surface area contributed by atoms with Gasteiger partial charge < -0.3 is 9.64 Å². The molecule has 1 unspecified atom stereocenters. The molecule has 0 spiro atoms. The maximum absolute atomic E-state index is 13.3. The molecule has 0 bridgehead atoms. The van der Waals surface area contributed by atoms with Gasteiger partial charge in [-0.2, -0.15) is 4.31 Å².